The van der Waals surface area contributed by atoms with E-state index in [2.05, 4.69) is 22.1 Å². The minimum Gasteiger partial charge on any atom is -0.484 e. The number of alkyl halides is 3. The molecule has 1 aliphatic carbocycles. The highest BCUT2D eigenvalue weighted by atomic mass is 35.5. The van der Waals surface area contributed by atoms with Crippen molar-refractivity contribution in [3.05, 3.63) is 47.4 Å². The Labute approximate surface area is 174 Å². The Balaban J connectivity index is 1.38. The number of hydrogen-bond acceptors (Lipinski definition) is 5. The molecule has 2 aromatic rings. The van der Waals surface area contributed by atoms with Crippen molar-refractivity contribution in [3.8, 4) is 5.75 Å². The average molecular weight is 448 g/mol. The maximum atomic E-state index is 13.3. The van der Waals surface area contributed by atoms with Gasteiger partial charge in [0.05, 0.1) is 10.9 Å². The van der Waals surface area contributed by atoms with Crippen molar-refractivity contribution in [1.82, 2.24) is 15.5 Å². The van der Waals surface area contributed by atoms with Crippen LogP contribution in [0.3, 0.4) is 0 Å². The Bertz CT molecular complexity index is 926. The second-order valence-electron chi connectivity index (χ2n) is 6.92. The number of benzene rings is 1. The van der Waals surface area contributed by atoms with Gasteiger partial charge in [0, 0.05) is 24.1 Å². The van der Waals surface area contributed by atoms with Gasteiger partial charge in [-0.05, 0) is 31.4 Å². The highest BCUT2D eigenvalue weighted by Gasteiger charge is 2.49. The van der Waals surface area contributed by atoms with Gasteiger partial charge in [-0.1, -0.05) is 18.2 Å². The number of carbonyl (C=O) groups excluding carboxylic acids is 1. The Kier molecular flexibility index (Phi) is 6.64. The Morgan fingerprint density at radius 3 is 2.73 bits per heavy atom. The zero-order valence-electron chi connectivity index (χ0n) is 15.6. The normalized spacial score (nSPS) is 18.6. The Morgan fingerprint density at radius 2 is 2.07 bits per heavy atom. The molecule has 1 aromatic heterocycles. The molecule has 1 aromatic carbocycles. The summed E-state index contributed by atoms with van der Waals surface area (Å²) in [6, 6.07) is 3.83. The summed E-state index contributed by atoms with van der Waals surface area (Å²) in [5.74, 6) is -2.36. The van der Waals surface area contributed by atoms with E-state index < -0.39 is 29.7 Å². The average Bonchev–Trinajstić information content (AvgIpc) is 3.10. The van der Waals surface area contributed by atoms with Crippen molar-refractivity contribution >= 4 is 23.1 Å². The molecule has 0 unspecified atom stereocenters. The van der Waals surface area contributed by atoms with Gasteiger partial charge in [0.2, 0.25) is 11.8 Å². The Morgan fingerprint density at radius 1 is 1.33 bits per heavy atom. The second kappa shape index (κ2) is 9.03. The number of nitrogens with one attached hydrogen (secondary N) is 1. The molecule has 1 N–H and O–H groups in total. The molecule has 30 heavy (non-hydrogen) atoms. The number of halogens is 5. The molecule has 6 nitrogen and oxygen atoms in total. The minimum absolute atomic E-state index is 0.0491. The summed E-state index contributed by atoms with van der Waals surface area (Å²) in [5.41, 5.74) is 0.446. The number of aromatic nitrogens is 2. The zero-order chi connectivity index (χ0) is 21.9. The van der Waals surface area contributed by atoms with E-state index in [1.165, 1.54) is 12.1 Å². The van der Waals surface area contributed by atoms with Crippen LogP contribution >= 0.6 is 11.6 Å². The number of hydrogen-bond donors (Lipinski definition) is 1. The van der Waals surface area contributed by atoms with E-state index in [0.717, 1.165) is 6.07 Å². The first kappa shape index (κ1) is 22.1. The molecule has 1 amide bonds. The van der Waals surface area contributed by atoms with E-state index in [1.54, 1.807) is 0 Å². The molecule has 1 saturated carbocycles. The lowest BCUT2D eigenvalue weighted by molar-refractivity contribution is -0.198. The first-order valence-corrected chi connectivity index (χ1v) is 9.44. The number of amides is 1. The van der Waals surface area contributed by atoms with Crippen molar-refractivity contribution in [2.45, 2.75) is 31.4 Å². The maximum Gasteiger partial charge on any atom is 0.391 e. The van der Waals surface area contributed by atoms with E-state index in [4.69, 9.17) is 20.8 Å². The molecule has 0 saturated heterocycles. The van der Waals surface area contributed by atoms with Crippen LogP contribution < -0.4 is 10.1 Å². The molecule has 162 valence electrons. The van der Waals surface area contributed by atoms with Crippen LogP contribution in [0.25, 0.3) is 5.57 Å². The van der Waals surface area contributed by atoms with Crippen molar-refractivity contribution in [2.75, 3.05) is 13.2 Å². The van der Waals surface area contributed by atoms with Crippen LogP contribution in [0, 0.1) is 11.7 Å². The minimum atomic E-state index is -4.20. The molecule has 3 rings (SSSR count). The first-order chi connectivity index (χ1) is 14.1. The first-order valence-electron chi connectivity index (χ1n) is 9.06. The van der Waals surface area contributed by atoms with E-state index in [-0.39, 0.29) is 48.5 Å². The highest BCUT2D eigenvalue weighted by Crippen LogP contribution is 2.49. The van der Waals surface area contributed by atoms with Gasteiger partial charge in [0.1, 0.15) is 11.6 Å². The lowest BCUT2D eigenvalue weighted by Crippen LogP contribution is -2.34. The van der Waals surface area contributed by atoms with Crippen LogP contribution in [0.15, 0.2) is 29.2 Å². The third-order valence-corrected chi connectivity index (χ3v) is 5.01. The lowest BCUT2D eigenvalue weighted by atomic mass is 9.74. The standard InChI is InChI=1S/C19H18ClF4N3O3/c1-10(17-26-27-18(30-17)11-6-12(7-11)19(22,23)24)4-5-25-16(28)9-29-13-2-3-14(20)15(21)8-13/h2-3,8,11-12H,1,4-7,9H2,(H,25,28)/t11-,12-. The molecule has 0 aliphatic heterocycles. The van der Waals surface area contributed by atoms with Gasteiger partial charge >= 0.3 is 6.18 Å². The molecule has 1 heterocycles. The predicted molar refractivity (Wildman–Crippen MR) is 99.4 cm³/mol. The monoisotopic (exact) mass is 447 g/mol. The van der Waals surface area contributed by atoms with Gasteiger partial charge in [-0.2, -0.15) is 13.2 Å². The molecule has 0 spiro atoms. The van der Waals surface area contributed by atoms with E-state index in [0.29, 0.717) is 12.0 Å². The summed E-state index contributed by atoms with van der Waals surface area (Å²) >= 11 is 5.57. The second-order valence-corrected chi connectivity index (χ2v) is 7.33. The van der Waals surface area contributed by atoms with E-state index >= 15 is 0 Å². The number of carbonyl (C=O) groups is 1. The molecule has 1 aliphatic rings. The fourth-order valence-corrected chi connectivity index (χ4v) is 2.97. The summed E-state index contributed by atoms with van der Waals surface area (Å²) < 4.78 is 61.6. The van der Waals surface area contributed by atoms with Crippen molar-refractivity contribution in [2.24, 2.45) is 5.92 Å². The topological polar surface area (TPSA) is 77.2 Å². The lowest BCUT2D eigenvalue weighted by Gasteiger charge is -2.34. The van der Waals surface area contributed by atoms with Crippen LogP contribution in [0.1, 0.15) is 37.0 Å². The molecular weight excluding hydrogens is 430 g/mol. The fourth-order valence-electron chi connectivity index (χ4n) is 2.86. The van der Waals surface area contributed by atoms with Crippen LogP contribution in [-0.4, -0.2) is 35.4 Å². The van der Waals surface area contributed by atoms with Gasteiger partial charge in [0.15, 0.2) is 6.61 Å². The van der Waals surface area contributed by atoms with Gasteiger partial charge in [-0.3, -0.25) is 4.79 Å². The fraction of sp³-hybridized carbons (Fsp3) is 0.421. The zero-order valence-corrected chi connectivity index (χ0v) is 16.4. The number of rotatable bonds is 8. The van der Waals surface area contributed by atoms with E-state index in [1.807, 2.05) is 0 Å². The molecule has 0 atom stereocenters. The molecule has 0 bridgehead atoms. The summed E-state index contributed by atoms with van der Waals surface area (Å²) in [6.45, 7) is 3.67. The summed E-state index contributed by atoms with van der Waals surface area (Å²) in [4.78, 5) is 11.8. The predicted octanol–water partition coefficient (Wildman–Crippen LogP) is 4.52. The van der Waals surface area contributed by atoms with Gasteiger partial charge in [-0.25, -0.2) is 4.39 Å². The quantitative estimate of drug-likeness (QED) is 0.602. The van der Waals surface area contributed by atoms with Crippen molar-refractivity contribution in [3.63, 3.8) is 0 Å². The van der Waals surface area contributed by atoms with Crippen LogP contribution in [0.2, 0.25) is 5.02 Å². The largest absolute Gasteiger partial charge is 0.484 e. The van der Waals surface area contributed by atoms with Crippen LogP contribution in [0.4, 0.5) is 17.6 Å². The Hall–Kier alpha value is -2.62. The smallest absolute Gasteiger partial charge is 0.391 e. The summed E-state index contributed by atoms with van der Waals surface area (Å²) in [6.07, 6.45) is -4.04. The maximum absolute atomic E-state index is 13.3. The van der Waals surface area contributed by atoms with Crippen molar-refractivity contribution in [1.29, 1.82) is 0 Å². The highest BCUT2D eigenvalue weighted by molar-refractivity contribution is 6.30. The molecule has 11 heteroatoms. The van der Waals surface area contributed by atoms with Crippen LogP contribution in [0.5, 0.6) is 5.75 Å². The number of nitrogens with zero attached hydrogens (tertiary/aromatic N) is 2. The summed E-state index contributed by atoms with van der Waals surface area (Å²) in [7, 11) is 0. The molecule has 1 fully saturated rings. The molecule has 0 radical (unpaired) electrons. The van der Waals surface area contributed by atoms with Crippen LogP contribution in [-0.2, 0) is 4.79 Å². The van der Waals surface area contributed by atoms with Gasteiger partial charge in [-0.15, -0.1) is 10.2 Å². The third kappa shape index (κ3) is 5.50. The SMILES string of the molecule is C=C(CCNC(=O)COc1ccc(Cl)c(F)c1)c1nnc([C@H]2C[C@H](C(F)(F)F)C2)o1. The number of ether oxygens (including phenoxy) is 1. The summed E-state index contributed by atoms with van der Waals surface area (Å²) in [5, 5.41) is 10.2. The molecular formula is C19H18ClF4N3O3. The van der Waals surface area contributed by atoms with Gasteiger partial charge in [0.25, 0.3) is 5.91 Å². The van der Waals surface area contributed by atoms with E-state index in [9.17, 15) is 22.4 Å². The van der Waals surface area contributed by atoms with Gasteiger partial charge < -0.3 is 14.5 Å². The third-order valence-electron chi connectivity index (χ3n) is 4.70. The van der Waals surface area contributed by atoms with Crippen molar-refractivity contribution < 1.29 is 31.5 Å².